The van der Waals surface area contributed by atoms with E-state index < -0.39 is 17.4 Å². The minimum absolute atomic E-state index is 0.166. The van der Waals surface area contributed by atoms with E-state index in [-0.39, 0.29) is 6.42 Å². The molecule has 0 aliphatic heterocycles. The number of carboxylic acid groups (broad SMARTS) is 1. The fourth-order valence-electron chi connectivity index (χ4n) is 6.82. The van der Waals surface area contributed by atoms with Gasteiger partial charge in [0.05, 0.1) is 22.1 Å². The van der Waals surface area contributed by atoms with Gasteiger partial charge in [-0.3, -0.25) is 14.8 Å². The Kier molecular flexibility index (Phi) is 7.28. The zero-order chi connectivity index (χ0) is 31.1. The first-order chi connectivity index (χ1) is 21.9. The molecule has 3 heterocycles. The standard InChI is InChI=1S/C37H35N5O3/c1-3-37(36(44)45,28-15-17-30-24(21-28)8-7-19-38-30)41-35(43)27-14-18-33-32(22-27)40-34(42(33)29-9-5-4-6-10-29)26-13-16-31-25(20-26)12-11-23(2)39-31/h7-8,11-22,29H,3-6,9-10H2,1-2H3,(H,41,43)(H,44,45). The van der Waals surface area contributed by atoms with Crippen LogP contribution in [0.4, 0.5) is 0 Å². The second-order valence-corrected chi connectivity index (χ2v) is 12.1. The van der Waals surface area contributed by atoms with E-state index in [1.807, 2.05) is 37.3 Å². The third-order valence-electron chi connectivity index (χ3n) is 9.30. The number of aromatic nitrogens is 4. The summed E-state index contributed by atoms with van der Waals surface area (Å²) in [5, 5.41) is 15.2. The van der Waals surface area contributed by atoms with Crippen molar-refractivity contribution in [1.82, 2.24) is 24.8 Å². The number of aryl methyl sites for hydroxylation is 1. The number of carbonyl (C=O) groups excluding carboxylic acids is 1. The Morgan fingerprint density at radius 1 is 0.889 bits per heavy atom. The van der Waals surface area contributed by atoms with Crippen LogP contribution in [0.2, 0.25) is 0 Å². The van der Waals surface area contributed by atoms with Crippen LogP contribution in [0.15, 0.2) is 85.1 Å². The van der Waals surface area contributed by atoms with Crippen LogP contribution in [-0.4, -0.2) is 36.5 Å². The van der Waals surface area contributed by atoms with Crippen LogP contribution >= 0.6 is 0 Å². The quantitative estimate of drug-likeness (QED) is 0.195. The Morgan fingerprint density at radius 3 is 2.49 bits per heavy atom. The second kappa shape index (κ2) is 11.4. The van der Waals surface area contributed by atoms with Crippen LogP contribution < -0.4 is 5.32 Å². The molecule has 2 N–H and O–H groups in total. The predicted octanol–water partition coefficient (Wildman–Crippen LogP) is 7.73. The summed E-state index contributed by atoms with van der Waals surface area (Å²) in [6.45, 7) is 3.76. The van der Waals surface area contributed by atoms with Gasteiger partial charge in [-0.05, 0) is 92.4 Å². The number of carboxylic acids is 1. The highest BCUT2D eigenvalue weighted by atomic mass is 16.4. The molecule has 1 atom stereocenters. The molecule has 1 aliphatic carbocycles. The normalized spacial score (nSPS) is 15.3. The molecule has 1 amide bonds. The lowest BCUT2D eigenvalue weighted by atomic mass is 9.86. The summed E-state index contributed by atoms with van der Waals surface area (Å²) in [5.41, 5.74) is 4.61. The van der Waals surface area contributed by atoms with Crippen LogP contribution in [0.25, 0.3) is 44.2 Å². The Bertz CT molecular complexity index is 2100. The molecule has 45 heavy (non-hydrogen) atoms. The van der Waals surface area contributed by atoms with Crippen molar-refractivity contribution in [3.05, 3.63) is 102 Å². The minimum atomic E-state index is -1.61. The highest BCUT2D eigenvalue weighted by molar-refractivity contribution is 6.01. The maximum atomic E-state index is 13.8. The second-order valence-electron chi connectivity index (χ2n) is 12.1. The average Bonchev–Trinajstić information content (AvgIpc) is 3.46. The van der Waals surface area contributed by atoms with Gasteiger partial charge in [0.2, 0.25) is 0 Å². The number of nitrogens with one attached hydrogen (secondary N) is 1. The van der Waals surface area contributed by atoms with Crippen LogP contribution in [-0.2, 0) is 10.3 Å². The predicted molar refractivity (Wildman–Crippen MR) is 176 cm³/mol. The molecule has 1 saturated carbocycles. The van der Waals surface area contributed by atoms with Gasteiger partial charge in [0.15, 0.2) is 5.54 Å². The summed E-state index contributed by atoms with van der Waals surface area (Å²) in [4.78, 5) is 40.7. The number of benzene rings is 3. The van der Waals surface area contributed by atoms with Crippen molar-refractivity contribution >= 4 is 44.7 Å². The third-order valence-corrected chi connectivity index (χ3v) is 9.30. The van der Waals surface area contributed by atoms with Crippen LogP contribution in [0.5, 0.6) is 0 Å². The molecule has 7 rings (SSSR count). The summed E-state index contributed by atoms with van der Waals surface area (Å²) in [6, 6.07) is 25.2. The molecule has 1 unspecified atom stereocenters. The van der Waals surface area contributed by atoms with Gasteiger partial charge >= 0.3 is 5.97 Å². The maximum Gasteiger partial charge on any atom is 0.334 e. The molecule has 226 valence electrons. The first kappa shape index (κ1) is 28.6. The molecule has 0 radical (unpaired) electrons. The van der Waals surface area contributed by atoms with Gasteiger partial charge in [0, 0.05) is 39.8 Å². The smallest absolute Gasteiger partial charge is 0.334 e. The molecule has 0 saturated heterocycles. The lowest BCUT2D eigenvalue weighted by molar-refractivity contribution is -0.145. The summed E-state index contributed by atoms with van der Waals surface area (Å²) < 4.78 is 2.34. The lowest BCUT2D eigenvalue weighted by Gasteiger charge is -2.30. The molecule has 3 aromatic heterocycles. The van der Waals surface area contributed by atoms with E-state index in [9.17, 15) is 14.7 Å². The molecule has 0 bridgehead atoms. The Labute approximate surface area is 261 Å². The molecular formula is C37H35N5O3. The van der Waals surface area contributed by atoms with E-state index in [4.69, 9.17) is 4.98 Å². The van der Waals surface area contributed by atoms with Crippen LogP contribution in [0.3, 0.4) is 0 Å². The van der Waals surface area contributed by atoms with Crippen LogP contribution in [0, 0.1) is 6.92 Å². The zero-order valence-electron chi connectivity index (χ0n) is 25.5. The van der Waals surface area contributed by atoms with E-state index in [0.29, 0.717) is 22.7 Å². The number of pyridine rings is 2. The number of amides is 1. The lowest BCUT2D eigenvalue weighted by Crippen LogP contribution is -2.51. The number of rotatable bonds is 7. The van der Waals surface area contributed by atoms with E-state index in [1.54, 1.807) is 43.5 Å². The van der Waals surface area contributed by atoms with Crippen molar-refractivity contribution < 1.29 is 14.7 Å². The Hall–Kier alpha value is -5.11. The summed E-state index contributed by atoms with van der Waals surface area (Å²) in [5.74, 6) is -0.712. The first-order valence-electron chi connectivity index (χ1n) is 15.7. The first-order valence-corrected chi connectivity index (χ1v) is 15.7. The monoisotopic (exact) mass is 597 g/mol. The Balaban J connectivity index is 1.29. The SMILES string of the molecule is CCC(NC(=O)c1ccc2c(c1)nc(-c1ccc3nc(C)ccc3c1)n2C1CCCCC1)(C(=O)O)c1ccc2ncccc2c1. The van der Waals surface area contributed by atoms with Crippen LogP contribution in [0.1, 0.15) is 73.1 Å². The number of hydrogen-bond acceptors (Lipinski definition) is 5. The minimum Gasteiger partial charge on any atom is -0.479 e. The third kappa shape index (κ3) is 5.10. The van der Waals surface area contributed by atoms with Crippen molar-refractivity contribution in [2.45, 2.75) is 64.0 Å². The maximum absolute atomic E-state index is 13.8. The van der Waals surface area contributed by atoms with E-state index >= 15 is 0 Å². The van der Waals surface area contributed by atoms with Gasteiger partial charge < -0.3 is 15.0 Å². The highest BCUT2D eigenvalue weighted by Crippen LogP contribution is 2.37. The fraction of sp³-hybridized carbons (Fsp3) is 0.270. The number of fused-ring (bicyclic) bond motifs is 3. The highest BCUT2D eigenvalue weighted by Gasteiger charge is 2.41. The topological polar surface area (TPSA) is 110 Å². The van der Waals surface area contributed by atoms with Crippen molar-refractivity contribution in [2.75, 3.05) is 0 Å². The molecule has 8 nitrogen and oxygen atoms in total. The summed E-state index contributed by atoms with van der Waals surface area (Å²) >= 11 is 0. The zero-order valence-corrected chi connectivity index (χ0v) is 25.5. The Morgan fingerprint density at radius 2 is 1.69 bits per heavy atom. The molecule has 8 heteroatoms. The number of nitrogens with zero attached hydrogens (tertiary/aromatic N) is 4. The number of aliphatic carboxylic acids is 1. The van der Waals surface area contributed by atoms with Gasteiger partial charge in [-0.25, -0.2) is 9.78 Å². The van der Waals surface area contributed by atoms with E-state index in [0.717, 1.165) is 57.2 Å². The summed E-state index contributed by atoms with van der Waals surface area (Å²) in [7, 11) is 0. The molecule has 0 spiro atoms. The van der Waals surface area contributed by atoms with Crippen molar-refractivity contribution in [3.8, 4) is 11.4 Å². The van der Waals surface area contributed by atoms with Crippen molar-refractivity contribution in [3.63, 3.8) is 0 Å². The van der Waals surface area contributed by atoms with Crippen molar-refractivity contribution in [2.24, 2.45) is 0 Å². The fourth-order valence-corrected chi connectivity index (χ4v) is 6.82. The summed E-state index contributed by atoms with van der Waals surface area (Å²) in [6.07, 6.45) is 7.60. The van der Waals surface area contributed by atoms with Gasteiger partial charge in [-0.15, -0.1) is 0 Å². The van der Waals surface area contributed by atoms with Gasteiger partial charge in [-0.1, -0.05) is 44.4 Å². The largest absolute Gasteiger partial charge is 0.479 e. The molecule has 1 fully saturated rings. The van der Waals surface area contributed by atoms with Crippen molar-refractivity contribution in [1.29, 1.82) is 0 Å². The molecule has 6 aromatic rings. The van der Waals surface area contributed by atoms with Gasteiger partial charge in [0.1, 0.15) is 5.82 Å². The number of hydrogen-bond donors (Lipinski definition) is 2. The number of carbonyl (C=O) groups is 2. The molecular weight excluding hydrogens is 562 g/mol. The molecule has 1 aliphatic rings. The molecule has 3 aromatic carbocycles. The average molecular weight is 598 g/mol. The number of imidazole rings is 1. The van der Waals surface area contributed by atoms with Gasteiger partial charge in [0.25, 0.3) is 5.91 Å². The van der Waals surface area contributed by atoms with Gasteiger partial charge in [-0.2, -0.15) is 0 Å². The van der Waals surface area contributed by atoms with E-state index in [1.165, 1.54) is 19.3 Å². The van der Waals surface area contributed by atoms with E-state index in [2.05, 4.69) is 38.1 Å².